The lowest BCUT2D eigenvalue weighted by Gasteiger charge is -2.13. The Morgan fingerprint density at radius 1 is 0.343 bits per heavy atom. The zero-order valence-electron chi connectivity index (χ0n) is 19.4. The summed E-state index contributed by atoms with van der Waals surface area (Å²) in [4.78, 5) is 0. The van der Waals surface area contributed by atoms with Crippen molar-refractivity contribution < 1.29 is 0 Å². The van der Waals surface area contributed by atoms with Gasteiger partial charge in [-0.15, -0.1) is 0 Å². The summed E-state index contributed by atoms with van der Waals surface area (Å²) in [6.07, 6.45) is 0. The van der Waals surface area contributed by atoms with Crippen molar-refractivity contribution in [2.75, 3.05) is 5.32 Å². The van der Waals surface area contributed by atoms with Crippen molar-refractivity contribution in [3.8, 4) is 33.4 Å². The highest BCUT2D eigenvalue weighted by Gasteiger charge is 2.09. The van der Waals surface area contributed by atoms with Crippen LogP contribution < -0.4 is 5.32 Å². The fourth-order valence-electron chi connectivity index (χ4n) is 4.65. The number of rotatable bonds is 5. The minimum Gasteiger partial charge on any atom is -0.356 e. The molecular formula is C34H25N. The van der Waals surface area contributed by atoms with Crippen molar-refractivity contribution in [3.05, 3.63) is 146 Å². The number of nitrogens with one attached hydrogen (secondary N) is 1. The minimum atomic E-state index is 1.07. The van der Waals surface area contributed by atoms with Crippen LogP contribution in [0.4, 0.5) is 11.4 Å². The number of fused-ring (bicyclic) bond motifs is 1. The third kappa shape index (κ3) is 4.45. The third-order valence-corrected chi connectivity index (χ3v) is 6.42. The highest BCUT2D eigenvalue weighted by molar-refractivity contribution is 6.00. The molecule has 0 aliphatic heterocycles. The monoisotopic (exact) mass is 447 g/mol. The summed E-state index contributed by atoms with van der Waals surface area (Å²) < 4.78 is 0. The molecule has 0 radical (unpaired) electrons. The molecule has 6 aromatic rings. The van der Waals surface area contributed by atoms with Gasteiger partial charge in [-0.2, -0.15) is 0 Å². The van der Waals surface area contributed by atoms with Gasteiger partial charge in [-0.1, -0.05) is 109 Å². The molecule has 0 bridgehead atoms. The van der Waals surface area contributed by atoms with E-state index in [-0.39, 0.29) is 0 Å². The Labute approximate surface area is 206 Å². The quantitative estimate of drug-likeness (QED) is 0.277. The summed E-state index contributed by atoms with van der Waals surface area (Å²) >= 11 is 0. The molecule has 166 valence electrons. The molecule has 0 aliphatic rings. The molecule has 0 fully saturated rings. The Hall–Kier alpha value is -4.62. The second-order valence-electron chi connectivity index (χ2n) is 8.76. The number of hydrogen-bond donors (Lipinski definition) is 1. The topological polar surface area (TPSA) is 12.0 Å². The van der Waals surface area contributed by atoms with Crippen LogP contribution in [0.3, 0.4) is 0 Å². The van der Waals surface area contributed by atoms with Crippen LogP contribution >= 0.6 is 0 Å². The number of benzene rings is 6. The fourth-order valence-corrected chi connectivity index (χ4v) is 4.65. The van der Waals surface area contributed by atoms with Crippen LogP contribution in [0.2, 0.25) is 0 Å². The standard InChI is InChI=1S/C34H25N/c1-3-10-25(11-4-1)27-18-20-31(21-19-27)35-32-16-9-15-29(23-32)34-24-30(26-12-5-2-6-13-26)22-28-14-7-8-17-33(28)34/h1-24,35H. The van der Waals surface area contributed by atoms with Crippen LogP contribution in [0, 0.1) is 0 Å². The van der Waals surface area contributed by atoms with Gasteiger partial charge in [-0.3, -0.25) is 0 Å². The largest absolute Gasteiger partial charge is 0.356 e. The number of hydrogen-bond acceptors (Lipinski definition) is 1. The normalized spacial score (nSPS) is 10.9. The summed E-state index contributed by atoms with van der Waals surface area (Å²) in [5.41, 5.74) is 9.49. The van der Waals surface area contributed by atoms with Crippen molar-refractivity contribution in [2.24, 2.45) is 0 Å². The van der Waals surface area contributed by atoms with Crippen molar-refractivity contribution in [1.82, 2.24) is 0 Å². The molecule has 1 N–H and O–H groups in total. The Morgan fingerprint density at radius 2 is 0.943 bits per heavy atom. The molecule has 0 atom stereocenters. The molecule has 1 heteroatoms. The molecular weight excluding hydrogens is 422 g/mol. The molecule has 0 aliphatic carbocycles. The second kappa shape index (κ2) is 9.32. The van der Waals surface area contributed by atoms with Crippen molar-refractivity contribution in [2.45, 2.75) is 0 Å². The van der Waals surface area contributed by atoms with Crippen molar-refractivity contribution in [3.63, 3.8) is 0 Å². The van der Waals surface area contributed by atoms with Gasteiger partial charge >= 0.3 is 0 Å². The molecule has 0 amide bonds. The summed E-state index contributed by atoms with van der Waals surface area (Å²) in [5, 5.41) is 6.10. The van der Waals surface area contributed by atoms with Gasteiger partial charge in [0.1, 0.15) is 0 Å². The van der Waals surface area contributed by atoms with E-state index in [0.29, 0.717) is 0 Å². The Bertz CT molecular complexity index is 1580. The SMILES string of the molecule is c1ccc(-c2ccc(Nc3cccc(-c4cc(-c5ccccc5)cc5ccccc45)c3)cc2)cc1. The van der Waals surface area contributed by atoms with Crippen LogP contribution in [-0.2, 0) is 0 Å². The van der Waals surface area contributed by atoms with Gasteiger partial charge in [0.15, 0.2) is 0 Å². The van der Waals surface area contributed by atoms with Crippen LogP contribution in [0.1, 0.15) is 0 Å². The lowest BCUT2D eigenvalue weighted by molar-refractivity contribution is 1.53. The van der Waals surface area contributed by atoms with E-state index < -0.39 is 0 Å². The first kappa shape index (κ1) is 20.9. The highest BCUT2D eigenvalue weighted by atomic mass is 14.9. The molecule has 1 nitrogen and oxygen atoms in total. The highest BCUT2D eigenvalue weighted by Crippen LogP contribution is 2.35. The summed E-state index contributed by atoms with van der Waals surface area (Å²) in [6.45, 7) is 0. The van der Waals surface area contributed by atoms with Gasteiger partial charge in [-0.05, 0) is 80.6 Å². The summed E-state index contributed by atoms with van der Waals surface area (Å²) in [5.74, 6) is 0. The second-order valence-corrected chi connectivity index (χ2v) is 8.76. The predicted molar refractivity (Wildman–Crippen MR) is 150 cm³/mol. The van der Waals surface area contributed by atoms with E-state index in [1.54, 1.807) is 0 Å². The first-order valence-electron chi connectivity index (χ1n) is 11.9. The fraction of sp³-hybridized carbons (Fsp3) is 0. The molecule has 0 aromatic heterocycles. The molecule has 0 heterocycles. The van der Waals surface area contributed by atoms with Crippen LogP contribution in [0.15, 0.2) is 146 Å². The van der Waals surface area contributed by atoms with Crippen LogP contribution in [0.5, 0.6) is 0 Å². The number of anilines is 2. The molecule has 6 aromatic carbocycles. The molecule has 0 saturated carbocycles. The maximum absolute atomic E-state index is 3.59. The van der Waals surface area contributed by atoms with Gasteiger partial charge in [0, 0.05) is 11.4 Å². The van der Waals surface area contributed by atoms with E-state index in [4.69, 9.17) is 0 Å². The molecule has 35 heavy (non-hydrogen) atoms. The minimum absolute atomic E-state index is 1.07. The van der Waals surface area contributed by atoms with E-state index in [1.807, 2.05) is 6.07 Å². The van der Waals surface area contributed by atoms with Gasteiger partial charge in [-0.25, -0.2) is 0 Å². The van der Waals surface area contributed by atoms with Crippen molar-refractivity contribution in [1.29, 1.82) is 0 Å². The Morgan fingerprint density at radius 3 is 1.69 bits per heavy atom. The van der Waals surface area contributed by atoms with Gasteiger partial charge in [0.2, 0.25) is 0 Å². The summed E-state index contributed by atoms with van der Waals surface area (Å²) in [7, 11) is 0. The smallest absolute Gasteiger partial charge is 0.0390 e. The Kier molecular flexibility index (Phi) is 5.58. The van der Waals surface area contributed by atoms with E-state index in [2.05, 4.69) is 145 Å². The average Bonchev–Trinajstić information content (AvgIpc) is 2.94. The Balaban J connectivity index is 1.35. The molecule has 0 spiro atoms. The summed E-state index contributed by atoms with van der Waals surface area (Å²) in [6, 6.07) is 51.6. The molecule has 6 rings (SSSR count). The van der Waals surface area contributed by atoms with Gasteiger partial charge in [0.25, 0.3) is 0 Å². The molecule has 0 unspecified atom stereocenters. The predicted octanol–water partition coefficient (Wildman–Crippen LogP) is 9.58. The van der Waals surface area contributed by atoms with E-state index >= 15 is 0 Å². The maximum Gasteiger partial charge on any atom is 0.0390 e. The average molecular weight is 448 g/mol. The first-order chi connectivity index (χ1) is 17.3. The first-order valence-corrected chi connectivity index (χ1v) is 11.9. The van der Waals surface area contributed by atoms with E-state index in [0.717, 1.165) is 11.4 Å². The third-order valence-electron chi connectivity index (χ3n) is 6.42. The van der Waals surface area contributed by atoms with Crippen molar-refractivity contribution >= 4 is 22.1 Å². The van der Waals surface area contributed by atoms with E-state index in [1.165, 1.54) is 44.2 Å². The zero-order valence-corrected chi connectivity index (χ0v) is 19.4. The lowest BCUT2D eigenvalue weighted by Crippen LogP contribution is -1.91. The van der Waals surface area contributed by atoms with Crippen LogP contribution in [0.25, 0.3) is 44.2 Å². The van der Waals surface area contributed by atoms with Crippen LogP contribution in [-0.4, -0.2) is 0 Å². The van der Waals surface area contributed by atoms with E-state index in [9.17, 15) is 0 Å². The van der Waals surface area contributed by atoms with Gasteiger partial charge in [0.05, 0.1) is 0 Å². The lowest BCUT2D eigenvalue weighted by atomic mass is 9.93. The maximum atomic E-state index is 3.59. The molecule has 0 saturated heterocycles. The zero-order chi connectivity index (χ0) is 23.5. The van der Waals surface area contributed by atoms with Gasteiger partial charge < -0.3 is 5.32 Å².